The maximum absolute atomic E-state index is 12.8. The van der Waals surface area contributed by atoms with Crippen LogP contribution < -0.4 is 0 Å². The highest BCUT2D eigenvalue weighted by molar-refractivity contribution is 6.46. The lowest BCUT2D eigenvalue weighted by molar-refractivity contribution is -0.139. The van der Waals surface area contributed by atoms with Gasteiger partial charge in [-0.3, -0.25) is 9.59 Å². The number of likely N-dealkylation sites (tertiary alicyclic amines) is 1. The van der Waals surface area contributed by atoms with Crippen LogP contribution in [0.3, 0.4) is 0 Å². The van der Waals surface area contributed by atoms with Crippen LogP contribution in [0.15, 0.2) is 54.1 Å². The molecule has 0 saturated carbocycles. The molecule has 2 aromatic rings. The molecule has 1 unspecified atom stereocenters. The van der Waals surface area contributed by atoms with Crippen molar-refractivity contribution in [3.05, 3.63) is 75.3 Å². The molecule has 0 aromatic heterocycles. The van der Waals surface area contributed by atoms with Crippen LogP contribution in [-0.4, -0.2) is 28.2 Å². The summed E-state index contributed by atoms with van der Waals surface area (Å²) >= 11 is 11.9. The molecule has 0 radical (unpaired) electrons. The number of aliphatic hydroxyl groups excluding tert-OH is 1. The minimum absolute atomic E-state index is 0.0840. The summed E-state index contributed by atoms with van der Waals surface area (Å²) in [6.45, 7) is 2.45. The summed E-state index contributed by atoms with van der Waals surface area (Å²) in [7, 11) is 0. The van der Waals surface area contributed by atoms with Crippen LogP contribution in [0.5, 0.6) is 0 Å². The van der Waals surface area contributed by atoms with E-state index >= 15 is 0 Å². The Kier molecular flexibility index (Phi) is 5.88. The van der Waals surface area contributed by atoms with Crippen molar-refractivity contribution in [3.8, 4) is 0 Å². The standard InChI is InChI=1S/C21H19Cl2NO3/c1-2-3-12-24-18(13-4-8-15(22)9-5-13)17(20(26)21(24)27)19(25)14-6-10-16(23)11-7-14/h4-11,18,25H,2-3,12H2,1H3. The molecule has 1 fully saturated rings. The lowest BCUT2D eigenvalue weighted by atomic mass is 9.95. The fraction of sp³-hybridized carbons (Fsp3) is 0.238. The van der Waals surface area contributed by atoms with Gasteiger partial charge < -0.3 is 10.0 Å². The number of rotatable bonds is 5. The van der Waals surface area contributed by atoms with Crippen molar-refractivity contribution in [2.45, 2.75) is 25.8 Å². The van der Waals surface area contributed by atoms with Crippen LogP contribution in [0.1, 0.15) is 36.9 Å². The normalized spacial score (nSPS) is 18.9. The van der Waals surface area contributed by atoms with Crippen LogP contribution in [0.2, 0.25) is 10.0 Å². The van der Waals surface area contributed by atoms with Crippen molar-refractivity contribution in [2.75, 3.05) is 6.54 Å². The third-order valence-corrected chi connectivity index (χ3v) is 5.10. The smallest absolute Gasteiger partial charge is 0.295 e. The first-order valence-electron chi connectivity index (χ1n) is 8.74. The quantitative estimate of drug-likeness (QED) is 0.423. The number of halogens is 2. The topological polar surface area (TPSA) is 57.6 Å². The molecular weight excluding hydrogens is 385 g/mol. The lowest BCUT2D eigenvalue weighted by Gasteiger charge is -2.25. The zero-order chi connectivity index (χ0) is 19.6. The molecular formula is C21H19Cl2NO3. The number of benzene rings is 2. The maximum Gasteiger partial charge on any atom is 0.295 e. The molecule has 4 nitrogen and oxygen atoms in total. The van der Waals surface area contributed by atoms with Gasteiger partial charge in [-0.15, -0.1) is 0 Å². The van der Waals surface area contributed by atoms with Crippen LogP contribution in [0.25, 0.3) is 5.76 Å². The number of hydrogen-bond acceptors (Lipinski definition) is 3. The summed E-state index contributed by atoms with van der Waals surface area (Å²) in [4.78, 5) is 26.9. The molecule has 0 spiro atoms. The summed E-state index contributed by atoms with van der Waals surface area (Å²) in [5.41, 5.74) is 1.25. The number of aliphatic hydroxyl groups is 1. The van der Waals surface area contributed by atoms with Gasteiger partial charge in [0.2, 0.25) is 0 Å². The summed E-state index contributed by atoms with van der Waals surface area (Å²) < 4.78 is 0. The van der Waals surface area contributed by atoms with Crippen LogP contribution >= 0.6 is 23.2 Å². The van der Waals surface area contributed by atoms with E-state index in [-0.39, 0.29) is 11.3 Å². The maximum atomic E-state index is 12.8. The predicted molar refractivity (Wildman–Crippen MR) is 107 cm³/mol. The van der Waals surface area contributed by atoms with Gasteiger partial charge in [-0.2, -0.15) is 0 Å². The molecule has 1 heterocycles. The van der Waals surface area contributed by atoms with Gasteiger partial charge in [-0.05, 0) is 48.4 Å². The second-order valence-electron chi connectivity index (χ2n) is 6.40. The number of amides is 1. The van der Waals surface area contributed by atoms with Gasteiger partial charge in [0.05, 0.1) is 11.6 Å². The van der Waals surface area contributed by atoms with E-state index in [4.69, 9.17) is 23.2 Å². The van der Waals surface area contributed by atoms with Gasteiger partial charge in [0.15, 0.2) is 0 Å². The van der Waals surface area contributed by atoms with Gasteiger partial charge in [0, 0.05) is 22.2 Å². The van der Waals surface area contributed by atoms with Crippen molar-refractivity contribution in [3.63, 3.8) is 0 Å². The van der Waals surface area contributed by atoms with Gasteiger partial charge in [-0.25, -0.2) is 0 Å². The molecule has 3 rings (SSSR count). The Morgan fingerprint density at radius 3 is 2.11 bits per heavy atom. The molecule has 1 atom stereocenters. The molecule has 0 aliphatic carbocycles. The second-order valence-corrected chi connectivity index (χ2v) is 7.28. The number of ketones is 1. The number of carbonyl (C=O) groups excluding carboxylic acids is 2. The zero-order valence-corrected chi connectivity index (χ0v) is 16.3. The lowest BCUT2D eigenvalue weighted by Crippen LogP contribution is -2.30. The van der Waals surface area contributed by atoms with Crippen molar-refractivity contribution < 1.29 is 14.7 Å². The fourth-order valence-corrected chi connectivity index (χ4v) is 3.45. The van der Waals surface area contributed by atoms with Crippen LogP contribution in [0, 0.1) is 0 Å². The number of nitrogens with zero attached hydrogens (tertiary/aromatic N) is 1. The molecule has 0 bridgehead atoms. The highest BCUT2D eigenvalue weighted by atomic mass is 35.5. The van der Waals surface area contributed by atoms with Crippen LogP contribution in [0.4, 0.5) is 0 Å². The van der Waals surface area contributed by atoms with Crippen LogP contribution in [-0.2, 0) is 9.59 Å². The van der Waals surface area contributed by atoms with E-state index in [2.05, 4.69) is 0 Å². The second kappa shape index (κ2) is 8.15. The third-order valence-electron chi connectivity index (χ3n) is 4.60. The van der Waals surface area contributed by atoms with Crippen molar-refractivity contribution in [1.29, 1.82) is 0 Å². The molecule has 140 valence electrons. The number of carbonyl (C=O) groups is 2. The minimum atomic E-state index is -0.682. The van der Waals surface area contributed by atoms with E-state index in [1.54, 1.807) is 48.5 Å². The molecule has 1 N–H and O–H groups in total. The Morgan fingerprint density at radius 2 is 1.56 bits per heavy atom. The molecule has 1 aliphatic rings. The molecule has 1 saturated heterocycles. The van der Waals surface area contributed by atoms with Gasteiger partial charge in [0.1, 0.15) is 5.76 Å². The molecule has 2 aromatic carbocycles. The Hall–Kier alpha value is -2.30. The van der Waals surface area contributed by atoms with E-state index in [9.17, 15) is 14.7 Å². The first kappa shape index (κ1) is 19.5. The monoisotopic (exact) mass is 403 g/mol. The van der Waals surface area contributed by atoms with E-state index in [1.165, 1.54) is 4.90 Å². The summed E-state index contributed by atoms with van der Waals surface area (Å²) in [6, 6.07) is 12.8. The highest BCUT2D eigenvalue weighted by Crippen LogP contribution is 2.39. The summed E-state index contributed by atoms with van der Waals surface area (Å²) in [5, 5.41) is 11.9. The first-order chi connectivity index (χ1) is 12.9. The molecule has 1 aliphatic heterocycles. The van der Waals surface area contributed by atoms with Crippen molar-refractivity contribution in [1.82, 2.24) is 4.90 Å². The molecule has 1 amide bonds. The Labute approximate surface area is 168 Å². The van der Waals surface area contributed by atoms with E-state index < -0.39 is 17.7 Å². The van der Waals surface area contributed by atoms with E-state index in [0.717, 1.165) is 18.4 Å². The Balaban J connectivity index is 2.14. The third kappa shape index (κ3) is 3.87. The predicted octanol–water partition coefficient (Wildman–Crippen LogP) is 5.22. The number of Topliss-reactive ketones (excluding diaryl/α,β-unsaturated/α-hetero) is 1. The average molecular weight is 404 g/mol. The van der Waals surface area contributed by atoms with Crippen molar-refractivity contribution >= 4 is 40.7 Å². The first-order valence-corrected chi connectivity index (χ1v) is 9.49. The van der Waals surface area contributed by atoms with E-state index in [0.29, 0.717) is 22.2 Å². The largest absolute Gasteiger partial charge is 0.507 e. The van der Waals surface area contributed by atoms with Gasteiger partial charge in [-0.1, -0.05) is 48.7 Å². The molecule has 6 heteroatoms. The highest BCUT2D eigenvalue weighted by Gasteiger charge is 2.45. The number of unbranched alkanes of at least 4 members (excludes halogenated alkanes) is 1. The number of hydrogen-bond donors (Lipinski definition) is 1. The summed E-state index contributed by atoms with van der Waals surface area (Å²) in [6.07, 6.45) is 1.64. The van der Waals surface area contributed by atoms with Gasteiger partial charge >= 0.3 is 0 Å². The van der Waals surface area contributed by atoms with E-state index in [1.807, 2.05) is 6.92 Å². The van der Waals surface area contributed by atoms with Gasteiger partial charge in [0.25, 0.3) is 11.7 Å². The fourth-order valence-electron chi connectivity index (χ4n) is 3.19. The SMILES string of the molecule is CCCCN1C(=O)C(=O)C(=C(O)c2ccc(Cl)cc2)C1c1ccc(Cl)cc1. The zero-order valence-electron chi connectivity index (χ0n) is 14.8. The molecule has 27 heavy (non-hydrogen) atoms. The average Bonchev–Trinajstić information content (AvgIpc) is 2.91. The minimum Gasteiger partial charge on any atom is -0.507 e. The Morgan fingerprint density at radius 1 is 1.00 bits per heavy atom. The summed E-state index contributed by atoms with van der Waals surface area (Å²) in [5.74, 6) is -1.48. The van der Waals surface area contributed by atoms with Crippen molar-refractivity contribution in [2.24, 2.45) is 0 Å². The Bertz CT molecular complexity index is 889.